The van der Waals surface area contributed by atoms with Crippen molar-refractivity contribution in [3.05, 3.63) is 40.2 Å². The lowest BCUT2D eigenvalue weighted by Crippen LogP contribution is -2.09. The van der Waals surface area contributed by atoms with E-state index in [0.29, 0.717) is 10.9 Å². The molecule has 14 heavy (non-hydrogen) atoms. The minimum absolute atomic E-state index is 0.00379. The average molecular weight is 186 g/mol. The Morgan fingerprint density at radius 2 is 2.21 bits per heavy atom. The molecular formula is C10H6N2O2. The molecule has 0 aliphatic rings. The van der Waals surface area contributed by atoms with E-state index < -0.39 is 5.56 Å². The number of pyridine rings is 1. The summed E-state index contributed by atoms with van der Waals surface area (Å²) in [6.45, 7) is 0. The lowest BCUT2D eigenvalue weighted by atomic mass is 10.1. The van der Waals surface area contributed by atoms with Crippen LogP contribution in [0.5, 0.6) is 5.75 Å². The summed E-state index contributed by atoms with van der Waals surface area (Å²) in [7, 11) is 0. The van der Waals surface area contributed by atoms with Gasteiger partial charge in [0.15, 0.2) is 0 Å². The Kier molecular flexibility index (Phi) is 1.72. The molecular weight excluding hydrogens is 180 g/mol. The number of benzene rings is 1. The molecule has 0 unspecified atom stereocenters. The zero-order valence-corrected chi connectivity index (χ0v) is 7.11. The van der Waals surface area contributed by atoms with Crippen LogP contribution in [0.4, 0.5) is 0 Å². The van der Waals surface area contributed by atoms with Gasteiger partial charge in [-0.15, -0.1) is 0 Å². The van der Waals surface area contributed by atoms with Gasteiger partial charge in [-0.2, -0.15) is 5.26 Å². The average Bonchev–Trinajstić information content (AvgIpc) is 2.19. The Morgan fingerprint density at radius 1 is 1.43 bits per heavy atom. The fraction of sp³-hybridized carbons (Fsp3) is 0. The van der Waals surface area contributed by atoms with E-state index in [2.05, 4.69) is 4.98 Å². The Hall–Kier alpha value is -2.28. The van der Waals surface area contributed by atoms with E-state index in [1.54, 1.807) is 18.2 Å². The minimum Gasteiger partial charge on any atom is -0.506 e. The number of rotatable bonds is 0. The zero-order valence-electron chi connectivity index (χ0n) is 7.11. The lowest BCUT2D eigenvalue weighted by molar-refractivity contribution is 0.480. The van der Waals surface area contributed by atoms with Gasteiger partial charge in [-0.1, -0.05) is 12.1 Å². The highest BCUT2D eigenvalue weighted by Gasteiger charge is 2.03. The quantitative estimate of drug-likeness (QED) is 0.646. The number of nitriles is 1. The highest BCUT2D eigenvalue weighted by Crippen LogP contribution is 2.20. The topological polar surface area (TPSA) is 76.9 Å². The second-order valence-corrected chi connectivity index (χ2v) is 2.87. The van der Waals surface area contributed by atoms with Gasteiger partial charge in [-0.05, 0) is 12.1 Å². The number of hydrogen-bond donors (Lipinski definition) is 2. The number of phenols is 1. The van der Waals surface area contributed by atoms with Crippen molar-refractivity contribution in [3.8, 4) is 11.8 Å². The number of hydrogen-bond acceptors (Lipinski definition) is 3. The van der Waals surface area contributed by atoms with E-state index in [-0.39, 0.29) is 11.3 Å². The van der Waals surface area contributed by atoms with Gasteiger partial charge in [-0.25, -0.2) is 0 Å². The molecule has 1 aromatic heterocycles. The van der Waals surface area contributed by atoms with E-state index in [1.165, 1.54) is 12.1 Å². The molecule has 0 aliphatic heterocycles. The standard InChI is InChI=1S/C10H6N2O2/c11-5-7-4-6-2-1-3-8(13)9(6)12-10(7)14/h1-4,13H,(H,12,14). The summed E-state index contributed by atoms with van der Waals surface area (Å²) >= 11 is 0. The number of para-hydroxylation sites is 1. The fourth-order valence-electron chi connectivity index (χ4n) is 1.30. The number of nitrogens with zero attached hydrogens (tertiary/aromatic N) is 1. The molecule has 0 saturated carbocycles. The van der Waals surface area contributed by atoms with Gasteiger partial charge in [0.25, 0.3) is 5.56 Å². The van der Waals surface area contributed by atoms with E-state index in [4.69, 9.17) is 5.26 Å². The van der Waals surface area contributed by atoms with Crippen LogP contribution in [-0.2, 0) is 0 Å². The number of aromatic nitrogens is 1. The van der Waals surface area contributed by atoms with Crippen LogP contribution in [0.2, 0.25) is 0 Å². The van der Waals surface area contributed by atoms with Crippen molar-refractivity contribution in [2.45, 2.75) is 0 Å². The van der Waals surface area contributed by atoms with E-state index in [0.717, 1.165) is 0 Å². The van der Waals surface area contributed by atoms with Crippen LogP contribution >= 0.6 is 0 Å². The van der Waals surface area contributed by atoms with Gasteiger partial charge >= 0.3 is 0 Å². The molecule has 4 nitrogen and oxygen atoms in total. The Labute approximate surface area is 79.0 Å². The monoisotopic (exact) mass is 186 g/mol. The van der Waals surface area contributed by atoms with Crippen molar-refractivity contribution >= 4 is 10.9 Å². The van der Waals surface area contributed by atoms with Crippen LogP contribution in [0.15, 0.2) is 29.1 Å². The Morgan fingerprint density at radius 3 is 2.93 bits per heavy atom. The molecule has 2 rings (SSSR count). The third-order valence-electron chi connectivity index (χ3n) is 1.98. The Bertz CT molecular complexity index is 593. The van der Waals surface area contributed by atoms with Gasteiger partial charge < -0.3 is 10.1 Å². The fourth-order valence-corrected chi connectivity index (χ4v) is 1.30. The molecule has 2 aromatic rings. The molecule has 1 aromatic carbocycles. The first-order chi connectivity index (χ1) is 6.72. The third kappa shape index (κ3) is 1.12. The molecule has 0 spiro atoms. The summed E-state index contributed by atoms with van der Waals surface area (Å²) in [6, 6.07) is 8.07. The van der Waals surface area contributed by atoms with E-state index in [9.17, 15) is 9.90 Å². The second kappa shape index (κ2) is 2.89. The number of nitrogens with one attached hydrogen (secondary N) is 1. The SMILES string of the molecule is N#Cc1cc2cccc(O)c2[nH]c1=O. The van der Waals surface area contributed by atoms with Crippen molar-refractivity contribution < 1.29 is 5.11 Å². The summed E-state index contributed by atoms with van der Waals surface area (Å²) in [5, 5.41) is 18.7. The molecule has 0 fully saturated rings. The molecule has 1 heterocycles. The van der Waals surface area contributed by atoms with Crippen LogP contribution in [0.25, 0.3) is 10.9 Å². The van der Waals surface area contributed by atoms with Crippen molar-refractivity contribution in [3.63, 3.8) is 0 Å². The van der Waals surface area contributed by atoms with E-state index in [1.807, 2.05) is 0 Å². The molecule has 4 heteroatoms. The lowest BCUT2D eigenvalue weighted by Gasteiger charge is -1.99. The molecule has 2 N–H and O–H groups in total. The maximum absolute atomic E-state index is 11.2. The predicted octanol–water partition coefficient (Wildman–Crippen LogP) is 1.11. The van der Waals surface area contributed by atoms with Crippen LogP contribution < -0.4 is 5.56 Å². The molecule has 0 saturated heterocycles. The molecule has 0 radical (unpaired) electrons. The van der Waals surface area contributed by atoms with Gasteiger partial charge in [0.2, 0.25) is 0 Å². The summed E-state index contributed by atoms with van der Waals surface area (Å²) in [5.41, 5.74) is -0.0823. The van der Waals surface area contributed by atoms with E-state index >= 15 is 0 Å². The van der Waals surface area contributed by atoms with Gasteiger partial charge in [0, 0.05) is 5.39 Å². The molecule has 68 valence electrons. The number of fused-ring (bicyclic) bond motifs is 1. The smallest absolute Gasteiger partial charge is 0.266 e. The first-order valence-corrected chi connectivity index (χ1v) is 3.97. The van der Waals surface area contributed by atoms with Gasteiger partial charge in [-0.3, -0.25) is 4.79 Å². The first-order valence-electron chi connectivity index (χ1n) is 3.97. The molecule has 0 amide bonds. The van der Waals surface area contributed by atoms with Crippen molar-refractivity contribution in [2.75, 3.05) is 0 Å². The van der Waals surface area contributed by atoms with Crippen LogP contribution in [-0.4, -0.2) is 10.1 Å². The van der Waals surface area contributed by atoms with Crippen LogP contribution in [0.1, 0.15) is 5.56 Å². The predicted molar refractivity (Wildman–Crippen MR) is 50.9 cm³/mol. The van der Waals surface area contributed by atoms with Crippen molar-refractivity contribution in [2.24, 2.45) is 0 Å². The largest absolute Gasteiger partial charge is 0.506 e. The van der Waals surface area contributed by atoms with Crippen LogP contribution in [0.3, 0.4) is 0 Å². The normalized spacial score (nSPS) is 9.93. The number of phenolic OH excluding ortho intramolecular Hbond substituents is 1. The van der Waals surface area contributed by atoms with Crippen molar-refractivity contribution in [1.29, 1.82) is 5.26 Å². The maximum atomic E-state index is 11.2. The highest BCUT2D eigenvalue weighted by molar-refractivity contribution is 5.84. The summed E-state index contributed by atoms with van der Waals surface area (Å²) in [5.74, 6) is 0.00379. The molecule has 0 atom stereocenters. The summed E-state index contributed by atoms with van der Waals surface area (Å²) in [6.07, 6.45) is 0. The zero-order chi connectivity index (χ0) is 10.1. The first kappa shape index (κ1) is 8.32. The van der Waals surface area contributed by atoms with Gasteiger partial charge in [0.1, 0.15) is 17.4 Å². The maximum Gasteiger partial charge on any atom is 0.266 e. The second-order valence-electron chi connectivity index (χ2n) is 2.87. The molecule has 0 aliphatic carbocycles. The number of aromatic hydroxyl groups is 1. The number of H-pyrrole nitrogens is 1. The third-order valence-corrected chi connectivity index (χ3v) is 1.98. The number of aromatic amines is 1. The summed E-state index contributed by atoms with van der Waals surface area (Å²) in [4.78, 5) is 13.7. The highest BCUT2D eigenvalue weighted by atomic mass is 16.3. The minimum atomic E-state index is -0.485. The summed E-state index contributed by atoms with van der Waals surface area (Å²) < 4.78 is 0. The van der Waals surface area contributed by atoms with Gasteiger partial charge in [0.05, 0.1) is 5.52 Å². The Balaban J connectivity index is 2.95. The molecule has 0 bridgehead atoms. The van der Waals surface area contributed by atoms with Crippen molar-refractivity contribution in [1.82, 2.24) is 4.98 Å². The van der Waals surface area contributed by atoms with Crippen LogP contribution in [0, 0.1) is 11.3 Å².